The first-order valence-electron chi connectivity index (χ1n) is 2.76. The van der Waals surface area contributed by atoms with Crippen LogP contribution in [0.3, 0.4) is 0 Å². The Morgan fingerprint density at radius 3 is 2.80 bits per heavy atom. The first-order chi connectivity index (χ1) is 4.54. The molecular weight excluding hydrogens is 136 g/mol. The molecule has 1 unspecified atom stereocenters. The van der Waals surface area contributed by atoms with Crippen LogP contribution in [0.25, 0.3) is 0 Å². The van der Waals surface area contributed by atoms with Crippen LogP contribution in [0.4, 0.5) is 0 Å². The van der Waals surface area contributed by atoms with Crippen LogP contribution >= 0.6 is 0 Å². The number of carboxylic acids is 1. The highest BCUT2D eigenvalue weighted by atomic mass is 16.5. The van der Waals surface area contributed by atoms with Crippen molar-refractivity contribution in [3.63, 3.8) is 0 Å². The largest absolute Gasteiger partial charge is 0.479 e. The van der Waals surface area contributed by atoms with Crippen molar-refractivity contribution in [3.05, 3.63) is 0 Å². The summed E-state index contributed by atoms with van der Waals surface area (Å²) in [6.07, 6.45) is 0. The van der Waals surface area contributed by atoms with E-state index in [0.717, 1.165) is 0 Å². The number of rotatable bonds is 1. The molecule has 1 aliphatic rings. The van der Waals surface area contributed by atoms with Gasteiger partial charge in [0.15, 0.2) is 5.54 Å². The third-order valence-corrected chi connectivity index (χ3v) is 1.32. The fourth-order valence-corrected chi connectivity index (χ4v) is 0.632. The molecule has 0 radical (unpaired) electrons. The lowest BCUT2D eigenvalue weighted by Crippen LogP contribution is -2.34. The van der Waals surface area contributed by atoms with Crippen LogP contribution < -0.4 is 5.73 Å². The molecule has 1 rings (SSSR count). The van der Waals surface area contributed by atoms with Crippen LogP contribution in [-0.4, -0.2) is 29.2 Å². The van der Waals surface area contributed by atoms with Gasteiger partial charge in [-0.1, -0.05) is 0 Å². The number of nitrogens with zero attached hydrogens (tertiary/aromatic N) is 1. The molecule has 0 fully saturated rings. The van der Waals surface area contributed by atoms with Crippen molar-refractivity contribution in [1.29, 1.82) is 0 Å². The lowest BCUT2D eigenvalue weighted by Gasteiger charge is -2.09. The molecule has 5 heteroatoms. The molecule has 0 aromatic rings. The number of amidine groups is 1. The molecule has 5 nitrogen and oxygen atoms in total. The Bertz CT molecular complexity index is 201. The maximum Gasteiger partial charge on any atom is 0.335 e. The molecule has 1 heterocycles. The fourth-order valence-electron chi connectivity index (χ4n) is 0.632. The standard InChI is InChI=1S/C5H8N2O3/c1-5(3(8)9)2-10-4(6)7-5/h2H2,1H3,(H2,6,7)(H,8,9). The van der Waals surface area contributed by atoms with Crippen molar-refractivity contribution in [3.8, 4) is 0 Å². The molecular formula is C5H8N2O3. The highest BCUT2D eigenvalue weighted by Crippen LogP contribution is 2.16. The number of ether oxygens (including phenoxy) is 1. The Morgan fingerprint density at radius 2 is 2.60 bits per heavy atom. The van der Waals surface area contributed by atoms with E-state index < -0.39 is 11.5 Å². The van der Waals surface area contributed by atoms with Crippen molar-refractivity contribution < 1.29 is 14.6 Å². The monoisotopic (exact) mass is 144 g/mol. The SMILES string of the molecule is CC1(C(=O)O)COC(N)=N1. The van der Waals surface area contributed by atoms with E-state index in [9.17, 15) is 4.79 Å². The van der Waals surface area contributed by atoms with Crippen LogP contribution in [0.1, 0.15) is 6.92 Å². The van der Waals surface area contributed by atoms with Gasteiger partial charge in [0.25, 0.3) is 6.02 Å². The van der Waals surface area contributed by atoms with Crippen molar-refractivity contribution in [2.75, 3.05) is 6.61 Å². The number of hydrogen-bond donors (Lipinski definition) is 2. The van der Waals surface area contributed by atoms with Crippen molar-refractivity contribution in [2.24, 2.45) is 10.7 Å². The zero-order valence-corrected chi connectivity index (χ0v) is 5.50. The fraction of sp³-hybridized carbons (Fsp3) is 0.600. The Kier molecular flexibility index (Phi) is 1.28. The molecule has 1 aliphatic heterocycles. The lowest BCUT2D eigenvalue weighted by atomic mass is 10.1. The van der Waals surface area contributed by atoms with Crippen LogP contribution in [0.15, 0.2) is 4.99 Å². The van der Waals surface area contributed by atoms with E-state index in [-0.39, 0.29) is 12.6 Å². The third kappa shape index (κ3) is 0.896. The molecule has 0 aromatic carbocycles. The second kappa shape index (κ2) is 1.86. The quantitative estimate of drug-likeness (QED) is 0.503. The highest BCUT2D eigenvalue weighted by Gasteiger charge is 2.38. The smallest absolute Gasteiger partial charge is 0.335 e. The lowest BCUT2D eigenvalue weighted by molar-refractivity contribution is -0.142. The summed E-state index contributed by atoms with van der Waals surface area (Å²) in [5.74, 6) is -1.02. The topological polar surface area (TPSA) is 84.9 Å². The van der Waals surface area contributed by atoms with Crippen LogP contribution in [0, 0.1) is 0 Å². The van der Waals surface area contributed by atoms with E-state index in [0.29, 0.717) is 0 Å². The number of aliphatic imine (C=N–C) groups is 1. The number of carboxylic acid groups (broad SMARTS) is 1. The van der Waals surface area contributed by atoms with E-state index in [1.165, 1.54) is 6.92 Å². The van der Waals surface area contributed by atoms with E-state index in [4.69, 9.17) is 10.8 Å². The van der Waals surface area contributed by atoms with E-state index >= 15 is 0 Å². The van der Waals surface area contributed by atoms with Crippen molar-refractivity contribution in [2.45, 2.75) is 12.5 Å². The summed E-state index contributed by atoms with van der Waals surface area (Å²) in [7, 11) is 0. The van der Waals surface area contributed by atoms with Gasteiger partial charge in [0.2, 0.25) is 0 Å². The molecule has 0 spiro atoms. The zero-order valence-electron chi connectivity index (χ0n) is 5.50. The summed E-state index contributed by atoms with van der Waals surface area (Å²) in [6, 6.07) is -0.0510. The van der Waals surface area contributed by atoms with Gasteiger partial charge < -0.3 is 15.6 Å². The van der Waals surface area contributed by atoms with Gasteiger partial charge in [0.1, 0.15) is 6.61 Å². The predicted octanol–water partition coefficient (Wildman–Crippen LogP) is -0.825. The maximum atomic E-state index is 10.4. The summed E-state index contributed by atoms with van der Waals surface area (Å²) < 4.78 is 4.68. The van der Waals surface area contributed by atoms with Crippen LogP contribution in [0.5, 0.6) is 0 Å². The molecule has 1 atom stereocenters. The third-order valence-electron chi connectivity index (χ3n) is 1.32. The highest BCUT2D eigenvalue weighted by molar-refractivity contribution is 5.86. The first-order valence-corrected chi connectivity index (χ1v) is 2.76. The molecule has 3 N–H and O–H groups in total. The van der Waals surface area contributed by atoms with E-state index in [2.05, 4.69) is 9.73 Å². The van der Waals surface area contributed by atoms with Gasteiger partial charge in [-0.05, 0) is 6.92 Å². The minimum absolute atomic E-state index is 0.0220. The summed E-state index contributed by atoms with van der Waals surface area (Å²) in [5.41, 5.74) is 3.94. The normalized spacial score (nSPS) is 31.1. The zero-order chi connectivity index (χ0) is 7.78. The molecule has 0 aromatic heterocycles. The Hall–Kier alpha value is -1.26. The number of hydrogen-bond acceptors (Lipinski definition) is 4. The van der Waals surface area contributed by atoms with Gasteiger partial charge in [-0.3, -0.25) is 0 Å². The average Bonchev–Trinajstić information content (AvgIpc) is 2.13. The number of nitrogens with two attached hydrogens (primary N) is 1. The average molecular weight is 144 g/mol. The Labute approximate surface area is 57.5 Å². The van der Waals surface area contributed by atoms with Gasteiger partial charge in [-0.2, -0.15) is 0 Å². The van der Waals surface area contributed by atoms with E-state index in [1.807, 2.05) is 0 Å². The van der Waals surface area contributed by atoms with Crippen LogP contribution in [-0.2, 0) is 9.53 Å². The second-order valence-corrected chi connectivity index (χ2v) is 2.32. The second-order valence-electron chi connectivity index (χ2n) is 2.32. The van der Waals surface area contributed by atoms with Crippen molar-refractivity contribution >= 4 is 12.0 Å². The number of aliphatic carboxylic acids is 1. The minimum Gasteiger partial charge on any atom is -0.479 e. The predicted molar refractivity (Wildman–Crippen MR) is 33.6 cm³/mol. The summed E-state index contributed by atoms with van der Waals surface area (Å²) >= 11 is 0. The van der Waals surface area contributed by atoms with E-state index in [1.54, 1.807) is 0 Å². The molecule has 10 heavy (non-hydrogen) atoms. The minimum atomic E-state index is -1.18. The molecule has 0 saturated heterocycles. The Morgan fingerprint density at radius 1 is 2.00 bits per heavy atom. The summed E-state index contributed by atoms with van der Waals surface area (Å²) in [6.45, 7) is 1.48. The van der Waals surface area contributed by atoms with Gasteiger partial charge in [0.05, 0.1) is 0 Å². The maximum absolute atomic E-state index is 10.4. The van der Waals surface area contributed by atoms with Crippen molar-refractivity contribution in [1.82, 2.24) is 0 Å². The van der Waals surface area contributed by atoms with Gasteiger partial charge in [0, 0.05) is 0 Å². The number of carbonyl (C=O) groups is 1. The first kappa shape index (κ1) is 6.85. The van der Waals surface area contributed by atoms with Gasteiger partial charge in [-0.25, -0.2) is 9.79 Å². The molecule has 0 saturated carbocycles. The molecule has 0 aliphatic carbocycles. The summed E-state index contributed by atoms with van der Waals surface area (Å²) in [4.78, 5) is 14.0. The molecule has 0 bridgehead atoms. The summed E-state index contributed by atoms with van der Waals surface area (Å²) in [5, 5.41) is 8.55. The van der Waals surface area contributed by atoms with Crippen LogP contribution in [0.2, 0.25) is 0 Å². The molecule has 56 valence electrons. The van der Waals surface area contributed by atoms with Gasteiger partial charge in [-0.15, -0.1) is 0 Å². The Balaban J connectivity index is 2.82. The van der Waals surface area contributed by atoms with Gasteiger partial charge >= 0.3 is 5.97 Å². The molecule has 0 amide bonds.